The van der Waals surface area contributed by atoms with E-state index in [-0.39, 0.29) is 0 Å². The monoisotopic (exact) mass is 180 g/mol. The van der Waals surface area contributed by atoms with E-state index in [1.807, 2.05) is 17.1 Å². The van der Waals surface area contributed by atoms with Crippen molar-refractivity contribution in [1.29, 1.82) is 0 Å². The number of allylic oxidation sites excluding steroid dienone is 1. The van der Waals surface area contributed by atoms with E-state index in [1.54, 1.807) is 0 Å². The summed E-state index contributed by atoms with van der Waals surface area (Å²) in [6.07, 6.45) is 1.87. The van der Waals surface area contributed by atoms with Gasteiger partial charge in [0.1, 0.15) is 0 Å². The first-order valence-electron chi connectivity index (χ1n) is 1.37. The van der Waals surface area contributed by atoms with E-state index in [9.17, 15) is 0 Å². The van der Waals surface area contributed by atoms with Gasteiger partial charge in [-0.25, -0.2) is 0 Å². The highest BCUT2D eigenvalue weighted by Gasteiger charge is 1.37. The molecule has 0 unspecified atom stereocenters. The first kappa shape index (κ1) is 5.25. The quantitative estimate of drug-likeness (QED) is 0.395. The maximum absolute atomic E-state index is 2.85. The summed E-state index contributed by atoms with van der Waals surface area (Å²) in [6.45, 7) is 1.94. The molecule has 0 radical (unpaired) electrons. The lowest BCUT2D eigenvalue weighted by molar-refractivity contribution is 1.78. The smallest absolute Gasteiger partial charge is 0.0183 e. The van der Waals surface area contributed by atoms with Gasteiger partial charge in [0.2, 0.25) is 0 Å². The molecule has 28 valence electrons. The zero-order valence-electron chi connectivity index (χ0n) is 3.03. The average molecular weight is 180 g/mol. The molecule has 1 heteroatoms. The van der Waals surface area contributed by atoms with Gasteiger partial charge in [-0.3, -0.25) is 0 Å². The standard InChI is InChI=1S/C4H5I/c1-2-3-4-5/h2,4H,1H3. The van der Waals surface area contributed by atoms with Crippen molar-refractivity contribution in [2.45, 2.75) is 6.92 Å². The van der Waals surface area contributed by atoms with Crippen LogP contribution < -0.4 is 0 Å². The summed E-state index contributed by atoms with van der Waals surface area (Å²) in [5.74, 6) is 0. The van der Waals surface area contributed by atoms with Crippen molar-refractivity contribution in [3.8, 4) is 0 Å². The Kier molecular flexibility index (Phi) is 4.46. The third kappa shape index (κ3) is 4.25. The summed E-state index contributed by atoms with van der Waals surface area (Å²) < 4.78 is 1.84. The van der Waals surface area contributed by atoms with Crippen LogP contribution in [0.25, 0.3) is 0 Å². The minimum absolute atomic E-state index is 1.84. The van der Waals surface area contributed by atoms with Gasteiger partial charge < -0.3 is 0 Å². The fourth-order valence-electron chi connectivity index (χ4n) is 0.0630. The fraction of sp³-hybridized carbons (Fsp3) is 0.250. The molecule has 0 saturated carbocycles. The fourth-order valence-corrected chi connectivity index (χ4v) is 0.423. The maximum Gasteiger partial charge on any atom is 0.0183 e. The summed E-state index contributed by atoms with van der Waals surface area (Å²) in [6, 6.07) is 0. The van der Waals surface area contributed by atoms with Crippen LogP contribution in [-0.4, -0.2) is 0 Å². The molecule has 0 rings (SSSR count). The molecule has 0 atom stereocenters. The third-order valence-electron chi connectivity index (χ3n) is 0.230. The molecule has 0 spiro atoms. The Morgan fingerprint density at radius 3 is 2.40 bits per heavy atom. The van der Waals surface area contributed by atoms with Crippen molar-refractivity contribution < 1.29 is 0 Å². The van der Waals surface area contributed by atoms with Gasteiger partial charge in [0.05, 0.1) is 0 Å². The van der Waals surface area contributed by atoms with Gasteiger partial charge in [-0.05, 0) is 35.6 Å². The van der Waals surface area contributed by atoms with E-state index in [2.05, 4.69) is 28.3 Å². The SMILES string of the molecule is CC=C=CI. The lowest BCUT2D eigenvalue weighted by Gasteiger charge is -1.46. The molecule has 0 bridgehead atoms. The maximum atomic E-state index is 2.85. The average Bonchev–Trinajstić information content (AvgIpc) is 1.41. The highest BCUT2D eigenvalue weighted by atomic mass is 127. The molecule has 0 aromatic carbocycles. The lowest BCUT2D eigenvalue weighted by Crippen LogP contribution is -1.21. The molecule has 0 aliphatic rings. The van der Waals surface area contributed by atoms with E-state index in [0.29, 0.717) is 0 Å². The largest absolute Gasteiger partial charge is 0.119 e. The number of rotatable bonds is 0. The molecule has 0 N–H and O–H groups in total. The highest BCUT2D eigenvalue weighted by Crippen LogP contribution is 1.76. The number of hydrogen-bond donors (Lipinski definition) is 0. The van der Waals surface area contributed by atoms with Crippen LogP contribution in [0.4, 0.5) is 0 Å². The van der Waals surface area contributed by atoms with Crippen molar-refractivity contribution in [2.75, 3.05) is 0 Å². The van der Waals surface area contributed by atoms with Crippen LogP contribution in [-0.2, 0) is 0 Å². The molecule has 0 heterocycles. The number of hydrogen-bond acceptors (Lipinski definition) is 0. The van der Waals surface area contributed by atoms with Crippen LogP contribution in [0.2, 0.25) is 0 Å². The Morgan fingerprint density at radius 2 is 2.40 bits per heavy atom. The van der Waals surface area contributed by atoms with Crippen molar-refractivity contribution in [1.82, 2.24) is 0 Å². The van der Waals surface area contributed by atoms with Gasteiger partial charge in [0.25, 0.3) is 0 Å². The van der Waals surface area contributed by atoms with Crippen LogP contribution in [0.1, 0.15) is 6.92 Å². The molecule has 0 saturated heterocycles. The van der Waals surface area contributed by atoms with E-state index >= 15 is 0 Å². The van der Waals surface area contributed by atoms with Gasteiger partial charge in [-0.15, -0.1) is 5.73 Å². The van der Waals surface area contributed by atoms with Crippen LogP contribution in [0.3, 0.4) is 0 Å². The van der Waals surface area contributed by atoms with Gasteiger partial charge in [-0.1, -0.05) is 0 Å². The summed E-state index contributed by atoms with van der Waals surface area (Å²) in [5.41, 5.74) is 2.85. The summed E-state index contributed by atoms with van der Waals surface area (Å²) >= 11 is 2.12. The predicted octanol–water partition coefficient (Wildman–Crippen LogP) is 2.11. The second kappa shape index (κ2) is 4.25. The minimum atomic E-state index is 1.84. The first-order chi connectivity index (χ1) is 2.41. The molecular formula is C4H5I. The zero-order valence-corrected chi connectivity index (χ0v) is 5.19. The Bertz CT molecular complexity index is 52.0. The Morgan fingerprint density at radius 1 is 1.80 bits per heavy atom. The van der Waals surface area contributed by atoms with Crippen molar-refractivity contribution in [3.63, 3.8) is 0 Å². The van der Waals surface area contributed by atoms with E-state index in [1.165, 1.54) is 0 Å². The lowest BCUT2D eigenvalue weighted by atomic mass is 10.7. The van der Waals surface area contributed by atoms with Gasteiger partial charge in [0, 0.05) is 4.08 Å². The Labute approximate surface area is 45.7 Å². The topological polar surface area (TPSA) is 0 Å². The highest BCUT2D eigenvalue weighted by molar-refractivity contribution is 14.1. The van der Waals surface area contributed by atoms with Crippen molar-refractivity contribution in [2.24, 2.45) is 0 Å². The molecular weight excluding hydrogens is 175 g/mol. The summed E-state index contributed by atoms with van der Waals surface area (Å²) in [5, 5.41) is 0. The third-order valence-corrected chi connectivity index (χ3v) is 0.589. The molecule has 0 amide bonds. The van der Waals surface area contributed by atoms with Gasteiger partial charge in [-0.2, -0.15) is 0 Å². The van der Waals surface area contributed by atoms with Crippen molar-refractivity contribution in [3.05, 3.63) is 15.9 Å². The van der Waals surface area contributed by atoms with E-state index in [0.717, 1.165) is 0 Å². The van der Waals surface area contributed by atoms with E-state index < -0.39 is 0 Å². The van der Waals surface area contributed by atoms with Crippen LogP contribution in [0.5, 0.6) is 0 Å². The summed E-state index contributed by atoms with van der Waals surface area (Å²) in [7, 11) is 0. The Hall–Kier alpha value is 0.250. The van der Waals surface area contributed by atoms with Crippen LogP contribution in [0, 0.1) is 0 Å². The number of halogens is 1. The van der Waals surface area contributed by atoms with E-state index in [4.69, 9.17) is 0 Å². The molecule has 0 aromatic heterocycles. The molecule has 0 aliphatic heterocycles. The predicted molar refractivity (Wildman–Crippen MR) is 32.3 cm³/mol. The second-order valence-electron chi connectivity index (χ2n) is 0.564. The first-order valence-corrected chi connectivity index (χ1v) is 2.62. The van der Waals surface area contributed by atoms with Gasteiger partial charge >= 0.3 is 0 Å². The Balaban J connectivity index is 3.26. The molecule has 0 aromatic rings. The molecule has 0 fully saturated rings. The summed E-state index contributed by atoms with van der Waals surface area (Å²) in [4.78, 5) is 0. The van der Waals surface area contributed by atoms with Crippen molar-refractivity contribution >= 4 is 22.6 Å². The molecule has 0 nitrogen and oxygen atoms in total. The molecule has 5 heavy (non-hydrogen) atoms. The van der Waals surface area contributed by atoms with Crippen LogP contribution >= 0.6 is 22.6 Å². The van der Waals surface area contributed by atoms with Gasteiger partial charge in [0.15, 0.2) is 0 Å². The molecule has 0 aliphatic carbocycles. The normalized spacial score (nSPS) is 5.20. The minimum Gasteiger partial charge on any atom is -0.119 e. The van der Waals surface area contributed by atoms with Crippen LogP contribution in [0.15, 0.2) is 15.9 Å². The second-order valence-corrected chi connectivity index (χ2v) is 1.19. The zero-order chi connectivity index (χ0) is 4.12.